The third-order valence-corrected chi connectivity index (χ3v) is 11.4. The summed E-state index contributed by atoms with van der Waals surface area (Å²) in [4.78, 5) is 2.83. The minimum atomic E-state index is -3.37. The Labute approximate surface area is 283 Å². The van der Waals surface area contributed by atoms with Gasteiger partial charge in [0.05, 0.1) is 17.6 Å². The Kier molecular flexibility index (Phi) is 8.94. The van der Waals surface area contributed by atoms with E-state index in [2.05, 4.69) is 20.4 Å². The Bertz CT molecular complexity index is 2080. The number of rotatable bonds is 9. The largest absolute Gasteiger partial charge is 0.435 e. The minimum absolute atomic E-state index is 0.209. The van der Waals surface area contributed by atoms with Crippen LogP contribution in [0.2, 0.25) is 0 Å². The molecule has 1 aliphatic rings. The van der Waals surface area contributed by atoms with E-state index in [9.17, 15) is 22.0 Å². The number of alkyl halides is 4. The van der Waals surface area contributed by atoms with Gasteiger partial charge in [-0.3, -0.25) is 0 Å². The molecular formula is C35H26F6N2O2S3. The molecule has 0 atom stereocenters. The van der Waals surface area contributed by atoms with Crippen molar-refractivity contribution in [1.29, 1.82) is 0 Å². The molecule has 7 rings (SSSR count). The molecule has 0 aliphatic heterocycles. The lowest BCUT2D eigenvalue weighted by atomic mass is 9.82. The first-order chi connectivity index (χ1) is 23.1. The SMILES string of the molecule is CC1CCC(C(F)(F)Oc2ccc(-c3ccc(-c4ccc(-c5ccc(-c6ccc(OC(F)F)cc6F)s5)c5nsnc45)s3)c(F)c2)CC1. The Hall–Kier alpha value is -3.94. The van der Waals surface area contributed by atoms with E-state index < -0.39 is 30.3 Å². The average Bonchev–Trinajstić information content (AvgIpc) is 3.82. The van der Waals surface area contributed by atoms with Crippen LogP contribution < -0.4 is 9.47 Å². The summed E-state index contributed by atoms with van der Waals surface area (Å²) in [5.74, 6) is -2.28. The smallest absolute Gasteiger partial charge is 0.400 e. The van der Waals surface area contributed by atoms with Crippen LogP contribution in [0.1, 0.15) is 32.6 Å². The summed E-state index contributed by atoms with van der Waals surface area (Å²) in [6, 6.07) is 18.5. The monoisotopic (exact) mass is 716 g/mol. The lowest BCUT2D eigenvalue weighted by Crippen LogP contribution is -2.37. The molecule has 3 heterocycles. The summed E-state index contributed by atoms with van der Waals surface area (Å²) in [6.45, 7) is -0.994. The lowest BCUT2D eigenvalue weighted by Gasteiger charge is -2.32. The number of aromatic nitrogens is 2. The predicted molar refractivity (Wildman–Crippen MR) is 178 cm³/mol. The van der Waals surface area contributed by atoms with Crippen LogP contribution in [0.4, 0.5) is 26.3 Å². The number of fused-ring (bicyclic) bond motifs is 1. The van der Waals surface area contributed by atoms with Crippen molar-refractivity contribution in [3.05, 3.63) is 84.4 Å². The van der Waals surface area contributed by atoms with Gasteiger partial charge in [0.1, 0.15) is 34.2 Å². The van der Waals surface area contributed by atoms with Crippen LogP contribution in [-0.4, -0.2) is 21.5 Å². The normalized spacial score (nSPS) is 16.9. The highest BCUT2D eigenvalue weighted by molar-refractivity contribution is 7.19. The first-order valence-electron chi connectivity index (χ1n) is 15.1. The zero-order valence-electron chi connectivity index (χ0n) is 25.2. The summed E-state index contributed by atoms with van der Waals surface area (Å²) in [5, 5.41) is 0. The van der Waals surface area contributed by atoms with E-state index in [4.69, 9.17) is 4.74 Å². The maximum absolute atomic E-state index is 15.3. The fraction of sp³-hybridized carbons (Fsp3) is 0.257. The van der Waals surface area contributed by atoms with E-state index in [0.717, 1.165) is 57.6 Å². The van der Waals surface area contributed by atoms with Crippen LogP contribution in [0.3, 0.4) is 0 Å². The van der Waals surface area contributed by atoms with Crippen molar-refractivity contribution in [3.63, 3.8) is 0 Å². The van der Waals surface area contributed by atoms with Crippen molar-refractivity contribution < 1.29 is 35.8 Å². The third-order valence-electron chi connectivity index (χ3n) is 8.54. The highest BCUT2D eigenvalue weighted by atomic mass is 32.1. The van der Waals surface area contributed by atoms with Gasteiger partial charge in [-0.1, -0.05) is 31.9 Å². The van der Waals surface area contributed by atoms with Crippen molar-refractivity contribution in [2.45, 2.75) is 45.3 Å². The molecular weight excluding hydrogens is 691 g/mol. The molecule has 248 valence electrons. The van der Waals surface area contributed by atoms with Gasteiger partial charge in [0, 0.05) is 53.9 Å². The molecule has 0 radical (unpaired) electrons. The highest BCUT2D eigenvalue weighted by Crippen LogP contribution is 2.44. The van der Waals surface area contributed by atoms with Gasteiger partial charge in [-0.25, -0.2) is 8.78 Å². The van der Waals surface area contributed by atoms with Gasteiger partial charge in [-0.2, -0.15) is 26.3 Å². The van der Waals surface area contributed by atoms with Gasteiger partial charge in [0.2, 0.25) is 0 Å². The Morgan fingerprint density at radius 1 is 0.667 bits per heavy atom. The summed E-state index contributed by atoms with van der Waals surface area (Å²) in [6.07, 6.45) is -1.17. The molecule has 6 aromatic rings. The molecule has 1 aliphatic carbocycles. The molecule has 0 spiro atoms. The zero-order valence-corrected chi connectivity index (χ0v) is 27.6. The second-order valence-corrected chi connectivity index (χ2v) is 14.4. The van der Waals surface area contributed by atoms with Gasteiger partial charge >= 0.3 is 12.7 Å². The van der Waals surface area contributed by atoms with Gasteiger partial charge < -0.3 is 9.47 Å². The molecule has 0 saturated heterocycles. The fourth-order valence-corrected chi connectivity index (χ4v) is 8.68. The molecule has 4 nitrogen and oxygen atoms in total. The Morgan fingerprint density at radius 2 is 1.12 bits per heavy atom. The topological polar surface area (TPSA) is 44.2 Å². The summed E-state index contributed by atoms with van der Waals surface area (Å²) in [7, 11) is 0. The van der Waals surface area contributed by atoms with Gasteiger partial charge in [-0.05, 0) is 67.3 Å². The molecule has 0 N–H and O–H groups in total. The van der Waals surface area contributed by atoms with E-state index in [1.54, 1.807) is 12.1 Å². The van der Waals surface area contributed by atoms with E-state index in [1.807, 2.05) is 24.3 Å². The van der Waals surface area contributed by atoms with Gasteiger partial charge in [-0.15, -0.1) is 22.7 Å². The van der Waals surface area contributed by atoms with E-state index in [0.29, 0.717) is 39.5 Å². The second kappa shape index (κ2) is 13.2. The number of benzene rings is 3. The van der Waals surface area contributed by atoms with Crippen molar-refractivity contribution in [1.82, 2.24) is 8.75 Å². The van der Waals surface area contributed by atoms with Crippen molar-refractivity contribution in [3.8, 4) is 53.3 Å². The van der Waals surface area contributed by atoms with Gasteiger partial charge in [0.15, 0.2) is 0 Å². The summed E-state index contributed by atoms with van der Waals surface area (Å²) < 4.78 is 103. The molecule has 3 aromatic carbocycles. The Morgan fingerprint density at radius 3 is 1.62 bits per heavy atom. The molecule has 3 aromatic heterocycles. The van der Waals surface area contributed by atoms with Crippen LogP contribution >= 0.6 is 34.4 Å². The zero-order chi connectivity index (χ0) is 33.6. The quantitative estimate of drug-likeness (QED) is 0.140. The first-order valence-corrected chi connectivity index (χ1v) is 17.5. The number of nitrogens with zero attached hydrogens (tertiary/aromatic N) is 2. The van der Waals surface area contributed by atoms with Crippen molar-refractivity contribution in [2.24, 2.45) is 11.8 Å². The van der Waals surface area contributed by atoms with Crippen LogP contribution in [0.5, 0.6) is 11.5 Å². The fourth-order valence-electron chi connectivity index (χ4n) is 5.99. The van der Waals surface area contributed by atoms with Gasteiger partial charge in [0.25, 0.3) is 0 Å². The van der Waals surface area contributed by atoms with Crippen molar-refractivity contribution >= 4 is 45.4 Å². The second-order valence-electron chi connectivity index (χ2n) is 11.7. The number of halogens is 6. The molecule has 0 bridgehead atoms. The van der Waals surface area contributed by atoms with E-state index in [-0.39, 0.29) is 22.6 Å². The predicted octanol–water partition coefficient (Wildman–Crippen LogP) is 12.2. The van der Waals surface area contributed by atoms with Crippen LogP contribution in [-0.2, 0) is 0 Å². The Balaban J connectivity index is 1.11. The number of hydrogen-bond acceptors (Lipinski definition) is 7. The lowest BCUT2D eigenvalue weighted by molar-refractivity contribution is -0.223. The van der Waals surface area contributed by atoms with E-state index in [1.165, 1.54) is 46.9 Å². The summed E-state index contributed by atoms with van der Waals surface area (Å²) in [5.41, 5.74) is 3.38. The first kappa shape index (κ1) is 32.6. The maximum atomic E-state index is 15.3. The summed E-state index contributed by atoms with van der Waals surface area (Å²) >= 11 is 3.70. The average molecular weight is 717 g/mol. The molecule has 0 unspecified atom stereocenters. The minimum Gasteiger partial charge on any atom is -0.435 e. The van der Waals surface area contributed by atoms with Crippen molar-refractivity contribution in [2.75, 3.05) is 0 Å². The highest BCUT2D eigenvalue weighted by Gasteiger charge is 2.43. The van der Waals surface area contributed by atoms with Crippen LogP contribution in [0.15, 0.2) is 72.8 Å². The maximum Gasteiger partial charge on any atom is 0.400 e. The standard InChI is InChI=1S/C35H26F6N2O2S3/c1-18-2-4-19(5-3-18)35(40,41)45-21-7-9-23(27(37)17-21)29-13-15-31(47-29)25-11-10-24(32-33(25)43-48-42-32)30-14-12-28(46-30)22-8-6-20(16-26(22)36)44-34(38)39/h6-19,34H,2-5H2,1H3. The molecule has 48 heavy (non-hydrogen) atoms. The third kappa shape index (κ3) is 6.55. The molecule has 0 amide bonds. The van der Waals surface area contributed by atoms with Crippen LogP contribution in [0, 0.1) is 23.5 Å². The molecule has 1 saturated carbocycles. The molecule has 13 heteroatoms. The number of ether oxygens (including phenoxy) is 2. The number of hydrogen-bond donors (Lipinski definition) is 0. The van der Waals surface area contributed by atoms with Crippen LogP contribution in [0.25, 0.3) is 52.8 Å². The molecule has 1 fully saturated rings. The number of thiophene rings is 2. The van der Waals surface area contributed by atoms with E-state index >= 15 is 4.39 Å².